The number of urea groups is 1. The third kappa shape index (κ3) is 6.35. The van der Waals surface area contributed by atoms with Crippen LogP contribution in [0.25, 0.3) is 0 Å². The molecule has 2 aromatic carbocycles. The Morgan fingerprint density at radius 1 is 1.04 bits per heavy atom. The zero-order valence-electron chi connectivity index (χ0n) is 16.5. The van der Waals surface area contributed by atoms with Gasteiger partial charge in [-0.1, -0.05) is 36.4 Å². The lowest BCUT2D eigenvalue weighted by atomic mass is 10.0. The van der Waals surface area contributed by atoms with Gasteiger partial charge < -0.3 is 20.9 Å². The van der Waals surface area contributed by atoms with Crippen LogP contribution in [-0.4, -0.2) is 50.6 Å². The summed E-state index contributed by atoms with van der Waals surface area (Å²) in [6.07, 6.45) is 0.539. The molecule has 28 heavy (non-hydrogen) atoms. The molecule has 150 valence electrons. The topological polar surface area (TPSA) is 73.5 Å². The van der Waals surface area contributed by atoms with Gasteiger partial charge in [0.1, 0.15) is 5.82 Å². The molecule has 1 atom stereocenters. The number of hydrogen-bond donors (Lipinski definition) is 3. The van der Waals surface area contributed by atoms with Crippen LogP contribution in [0.1, 0.15) is 21.5 Å². The number of amides is 3. The van der Waals surface area contributed by atoms with Crippen LogP contribution in [-0.2, 0) is 13.0 Å². The van der Waals surface area contributed by atoms with Crippen molar-refractivity contribution in [2.24, 2.45) is 0 Å². The Morgan fingerprint density at radius 3 is 2.36 bits per heavy atom. The molecule has 2 rings (SSSR count). The number of halogens is 1. The fraction of sp³-hybridized carbons (Fsp3) is 0.333. The van der Waals surface area contributed by atoms with Crippen LogP contribution < -0.4 is 16.0 Å². The summed E-state index contributed by atoms with van der Waals surface area (Å²) in [6.45, 7) is 0.859. The number of carbonyl (C=O) groups is 2. The molecule has 0 fully saturated rings. The number of carbonyl (C=O) groups excluding carboxylic acids is 2. The van der Waals surface area contributed by atoms with Gasteiger partial charge in [-0.3, -0.25) is 4.79 Å². The maximum Gasteiger partial charge on any atom is 0.315 e. The van der Waals surface area contributed by atoms with Gasteiger partial charge in [-0.15, -0.1) is 0 Å². The number of nitrogens with one attached hydrogen (secondary N) is 3. The first kappa shape index (κ1) is 21.4. The van der Waals surface area contributed by atoms with E-state index in [4.69, 9.17) is 0 Å². The van der Waals surface area contributed by atoms with E-state index in [-0.39, 0.29) is 17.6 Å². The Balaban J connectivity index is 1.90. The minimum absolute atomic E-state index is 0.0195. The predicted octanol–water partition coefficient (Wildman–Crippen LogP) is 2.16. The van der Waals surface area contributed by atoms with Crippen LogP contribution >= 0.6 is 0 Å². The van der Waals surface area contributed by atoms with E-state index in [1.807, 2.05) is 49.3 Å². The summed E-state index contributed by atoms with van der Waals surface area (Å²) in [5.41, 5.74) is 1.80. The van der Waals surface area contributed by atoms with Crippen molar-refractivity contribution >= 4 is 11.9 Å². The van der Waals surface area contributed by atoms with Gasteiger partial charge in [0.25, 0.3) is 5.91 Å². The van der Waals surface area contributed by atoms with E-state index in [1.165, 1.54) is 19.2 Å². The number of nitrogens with zero attached hydrogens (tertiary/aromatic N) is 1. The van der Waals surface area contributed by atoms with Gasteiger partial charge in [0.15, 0.2) is 0 Å². The fourth-order valence-electron chi connectivity index (χ4n) is 2.77. The predicted molar refractivity (Wildman–Crippen MR) is 108 cm³/mol. The first-order valence-electron chi connectivity index (χ1n) is 9.13. The molecule has 0 spiro atoms. The largest absolute Gasteiger partial charge is 0.355 e. The lowest BCUT2D eigenvalue weighted by molar-refractivity contribution is 0.0959. The molecule has 7 heteroatoms. The minimum Gasteiger partial charge on any atom is -0.355 e. The molecule has 0 radical (unpaired) electrons. The third-order valence-electron chi connectivity index (χ3n) is 4.50. The van der Waals surface area contributed by atoms with Crippen molar-refractivity contribution in [2.45, 2.75) is 19.0 Å². The second-order valence-electron chi connectivity index (χ2n) is 6.76. The molecule has 0 unspecified atom stereocenters. The summed E-state index contributed by atoms with van der Waals surface area (Å²) in [6, 6.07) is 14.0. The molecule has 0 heterocycles. The second kappa shape index (κ2) is 10.4. The number of likely N-dealkylation sites (N-methyl/N-ethyl adjacent to an activating group) is 1. The zero-order chi connectivity index (χ0) is 20.5. The summed E-state index contributed by atoms with van der Waals surface area (Å²) in [5.74, 6) is -1.01. The highest BCUT2D eigenvalue weighted by atomic mass is 19.1. The number of rotatable bonds is 8. The quantitative estimate of drug-likeness (QED) is 0.651. The smallest absolute Gasteiger partial charge is 0.315 e. The molecule has 0 aromatic heterocycles. The van der Waals surface area contributed by atoms with Crippen LogP contribution in [0.3, 0.4) is 0 Å². The van der Waals surface area contributed by atoms with Gasteiger partial charge >= 0.3 is 6.03 Å². The van der Waals surface area contributed by atoms with Crippen molar-refractivity contribution in [3.8, 4) is 0 Å². The van der Waals surface area contributed by atoms with Gasteiger partial charge in [0, 0.05) is 26.2 Å². The van der Waals surface area contributed by atoms with Crippen LogP contribution in [0.4, 0.5) is 9.18 Å². The molecule has 3 N–H and O–H groups in total. The molecule has 0 aliphatic rings. The molecular formula is C21H27FN4O2. The molecular weight excluding hydrogens is 359 g/mol. The van der Waals surface area contributed by atoms with Crippen LogP contribution in [0.15, 0.2) is 48.5 Å². The summed E-state index contributed by atoms with van der Waals surface area (Å²) in [7, 11) is 5.28. The lowest BCUT2D eigenvalue weighted by Crippen LogP contribution is -2.45. The van der Waals surface area contributed by atoms with E-state index in [1.54, 1.807) is 6.07 Å². The second-order valence-corrected chi connectivity index (χ2v) is 6.76. The van der Waals surface area contributed by atoms with Gasteiger partial charge in [-0.2, -0.15) is 0 Å². The Labute approximate surface area is 165 Å². The monoisotopic (exact) mass is 386 g/mol. The van der Waals surface area contributed by atoms with Crippen molar-refractivity contribution < 1.29 is 14.0 Å². The highest BCUT2D eigenvalue weighted by Crippen LogP contribution is 2.13. The lowest BCUT2D eigenvalue weighted by Gasteiger charge is -2.25. The molecule has 0 aliphatic heterocycles. The van der Waals surface area contributed by atoms with E-state index in [0.717, 1.165) is 11.1 Å². The van der Waals surface area contributed by atoms with E-state index < -0.39 is 11.7 Å². The first-order valence-corrected chi connectivity index (χ1v) is 9.13. The maximum atomic E-state index is 14.2. The summed E-state index contributed by atoms with van der Waals surface area (Å²) in [5, 5.41) is 8.09. The molecule has 0 bridgehead atoms. The Morgan fingerprint density at radius 2 is 1.75 bits per heavy atom. The van der Waals surface area contributed by atoms with Gasteiger partial charge in [-0.05, 0) is 43.8 Å². The van der Waals surface area contributed by atoms with Crippen LogP contribution in [0.5, 0.6) is 0 Å². The van der Waals surface area contributed by atoms with Gasteiger partial charge in [0.2, 0.25) is 0 Å². The van der Waals surface area contributed by atoms with Crippen molar-refractivity contribution in [3.05, 3.63) is 71.0 Å². The molecule has 0 saturated carbocycles. The van der Waals surface area contributed by atoms with Crippen molar-refractivity contribution in [2.75, 3.05) is 27.7 Å². The first-order chi connectivity index (χ1) is 13.4. The number of hydrogen-bond acceptors (Lipinski definition) is 3. The SMILES string of the molecule is CNC(=O)c1ccc(C[C@@H](CNC(=O)NCc2ccccc2)N(C)C)cc1F. The Bertz CT molecular complexity index is 796. The van der Waals surface area contributed by atoms with Crippen LogP contribution in [0.2, 0.25) is 0 Å². The Hall–Kier alpha value is -2.93. The highest BCUT2D eigenvalue weighted by Gasteiger charge is 2.16. The van der Waals surface area contributed by atoms with Crippen molar-refractivity contribution in [3.63, 3.8) is 0 Å². The average molecular weight is 386 g/mol. The summed E-state index contributed by atoms with van der Waals surface area (Å²) in [4.78, 5) is 25.6. The normalized spacial score (nSPS) is 11.8. The van der Waals surface area contributed by atoms with E-state index >= 15 is 0 Å². The van der Waals surface area contributed by atoms with E-state index in [2.05, 4.69) is 16.0 Å². The van der Waals surface area contributed by atoms with Crippen LogP contribution in [0, 0.1) is 5.82 Å². The minimum atomic E-state index is -0.553. The van der Waals surface area contributed by atoms with Crippen molar-refractivity contribution in [1.82, 2.24) is 20.9 Å². The maximum absolute atomic E-state index is 14.2. The zero-order valence-corrected chi connectivity index (χ0v) is 16.5. The molecule has 0 saturated heterocycles. The third-order valence-corrected chi connectivity index (χ3v) is 4.50. The standard InChI is InChI=1S/C21H27FN4O2/c1-23-20(27)18-10-9-16(12-19(18)22)11-17(26(2)3)14-25-21(28)24-13-15-7-5-4-6-8-15/h4-10,12,17H,11,13-14H2,1-3H3,(H,23,27)(H2,24,25,28)/t17-/m0/s1. The van der Waals surface area contributed by atoms with Gasteiger partial charge in [0.05, 0.1) is 5.56 Å². The Kier molecular flexibility index (Phi) is 7.95. The van der Waals surface area contributed by atoms with Crippen molar-refractivity contribution in [1.29, 1.82) is 0 Å². The van der Waals surface area contributed by atoms with E-state index in [9.17, 15) is 14.0 Å². The van der Waals surface area contributed by atoms with Gasteiger partial charge in [-0.25, -0.2) is 9.18 Å². The fourth-order valence-corrected chi connectivity index (χ4v) is 2.77. The van der Waals surface area contributed by atoms with E-state index in [0.29, 0.717) is 19.5 Å². The molecule has 3 amide bonds. The molecule has 2 aromatic rings. The highest BCUT2D eigenvalue weighted by molar-refractivity contribution is 5.94. The average Bonchev–Trinajstić information content (AvgIpc) is 2.69. The number of benzene rings is 2. The molecule has 0 aliphatic carbocycles. The molecule has 6 nitrogen and oxygen atoms in total. The summed E-state index contributed by atoms with van der Waals surface area (Å²) < 4.78 is 14.2. The summed E-state index contributed by atoms with van der Waals surface area (Å²) >= 11 is 0.